The van der Waals surface area contributed by atoms with Gasteiger partial charge in [-0.2, -0.15) is 0 Å². The SMILES string of the molecule is CC(C)CCNCC(C)N1CCCC2CCCCC21. The third kappa shape index (κ3) is 4.46. The van der Waals surface area contributed by atoms with Gasteiger partial charge in [0.15, 0.2) is 0 Å². The Morgan fingerprint density at radius 2 is 1.79 bits per heavy atom. The van der Waals surface area contributed by atoms with Gasteiger partial charge < -0.3 is 5.32 Å². The Balaban J connectivity index is 1.75. The third-order valence-corrected chi connectivity index (χ3v) is 5.19. The fraction of sp³-hybridized carbons (Fsp3) is 1.00. The summed E-state index contributed by atoms with van der Waals surface area (Å²) in [5.74, 6) is 1.83. The molecule has 2 aliphatic rings. The normalized spacial score (nSPS) is 30.3. The van der Waals surface area contributed by atoms with E-state index >= 15 is 0 Å². The molecule has 112 valence electrons. The lowest BCUT2D eigenvalue weighted by molar-refractivity contribution is 0.0315. The molecule has 0 spiro atoms. The molecule has 1 aliphatic heterocycles. The number of likely N-dealkylation sites (tertiary alicyclic amines) is 1. The lowest BCUT2D eigenvalue weighted by Gasteiger charge is -2.47. The highest BCUT2D eigenvalue weighted by molar-refractivity contribution is 4.90. The zero-order valence-electron chi connectivity index (χ0n) is 13.3. The van der Waals surface area contributed by atoms with Gasteiger partial charge in [0.05, 0.1) is 0 Å². The van der Waals surface area contributed by atoms with Crippen LogP contribution in [0.3, 0.4) is 0 Å². The third-order valence-electron chi connectivity index (χ3n) is 5.19. The molecule has 0 aromatic carbocycles. The molecule has 2 heteroatoms. The van der Waals surface area contributed by atoms with Crippen molar-refractivity contribution in [2.75, 3.05) is 19.6 Å². The van der Waals surface area contributed by atoms with Crippen LogP contribution in [0.25, 0.3) is 0 Å². The minimum Gasteiger partial charge on any atom is -0.315 e. The van der Waals surface area contributed by atoms with Crippen molar-refractivity contribution >= 4 is 0 Å². The van der Waals surface area contributed by atoms with E-state index in [0.717, 1.165) is 23.9 Å². The summed E-state index contributed by atoms with van der Waals surface area (Å²) < 4.78 is 0. The second kappa shape index (κ2) is 7.64. The van der Waals surface area contributed by atoms with Crippen molar-refractivity contribution in [3.63, 3.8) is 0 Å². The molecule has 1 aliphatic carbocycles. The summed E-state index contributed by atoms with van der Waals surface area (Å²) in [6.07, 6.45) is 10.1. The Morgan fingerprint density at radius 1 is 1.05 bits per heavy atom. The van der Waals surface area contributed by atoms with Crippen LogP contribution in [0, 0.1) is 11.8 Å². The van der Waals surface area contributed by atoms with Crippen molar-refractivity contribution in [2.24, 2.45) is 11.8 Å². The molecule has 1 saturated heterocycles. The molecule has 2 fully saturated rings. The van der Waals surface area contributed by atoms with Crippen LogP contribution < -0.4 is 5.32 Å². The predicted octanol–water partition coefficient (Wildman–Crippen LogP) is 3.67. The lowest BCUT2D eigenvalue weighted by Crippen LogP contribution is -2.53. The van der Waals surface area contributed by atoms with E-state index in [0.29, 0.717) is 0 Å². The van der Waals surface area contributed by atoms with Gasteiger partial charge in [-0.15, -0.1) is 0 Å². The van der Waals surface area contributed by atoms with Gasteiger partial charge in [-0.1, -0.05) is 26.7 Å². The molecular weight excluding hydrogens is 232 g/mol. The summed E-state index contributed by atoms with van der Waals surface area (Å²) in [6.45, 7) is 10.7. The van der Waals surface area contributed by atoms with E-state index < -0.39 is 0 Å². The maximum Gasteiger partial charge on any atom is 0.0195 e. The van der Waals surface area contributed by atoms with Crippen molar-refractivity contribution in [2.45, 2.75) is 77.8 Å². The maximum atomic E-state index is 3.67. The smallest absolute Gasteiger partial charge is 0.0195 e. The van der Waals surface area contributed by atoms with Gasteiger partial charge >= 0.3 is 0 Å². The first-order chi connectivity index (χ1) is 9.18. The minimum absolute atomic E-state index is 0.720. The second-order valence-electron chi connectivity index (χ2n) is 7.23. The van der Waals surface area contributed by atoms with E-state index in [2.05, 4.69) is 31.0 Å². The molecule has 2 rings (SSSR count). The number of nitrogens with one attached hydrogen (secondary N) is 1. The van der Waals surface area contributed by atoms with Gasteiger partial charge in [0, 0.05) is 18.6 Å². The Kier molecular flexibility index (Phi) is 6.15. The Bertz CT molecular complexity index is 250. The van der Waals surface area contributed by atoms with E-state index in [1.54, 1.807) is 0 Å². The molecule has 3 atom stereocenters. The van der Waals surface area contributed by atoms with Crippen LogP contribution in [-0.4, -0.2) is 36.6 Å². The highest BCUT2D eigenvalue weighted by atomic mass is 15.2. The Morgan fingerprint density at radius 3 is 2.58 bits per heavy atom. The zero-order valence-corrected chi connectivity index (χ0v) is 13.3. The van der Waals surface area contributed by atoms with Crippen molar-refractivity contribution in [1.82, 2.24) is 10.2 Å². The predicted molar refractivity (Wildman–Crippen MR) is 83.5 cm³/mol. The molecule has 0 amide bonds. The first-order valence-corrected chi connectivity index (χ1v) is 8.65. The van der Waals surface area contributed by atoms with Gasteiger partial charge in [0.25, 0.3) is 0 Å². The lowest BCUT2D eigenvalue weighted by atomic mass is 9.78. The largest absolute Gasteiger partial charge is 0.315 e. The van der Waals surface area contributed by atoms with Gasteiger partial charge in [0.1, 0.15) is 0 Å². The minimum atomic E-state index is 0.720. The van der Waals surface area contributed by atoms with E-state index in [1.807, 2.05) is 0 Å². The average molecular weight is 266 g/mol. The number of hydrogen-bond donors (Lipinski definition) is 1. The first kappa shape index (κ1) is 15.3. The molecule has 1 N–H and O–H groups in total. The highest BCUT2D eigenvalue weighted by Gasteiger charge is 2.34. The molecule has 0 radical (unpaired) electrons. The molecule has 0 aromatic rings. The summed E-state index contributed by atoms with van der Waals surface area (Å²) in [4.78, 5) is 2.83. The summed E-state index contributed by atoms with van der Waals surface area (Å²) in [5.41, 5.74) is 0. The standard InChI is InChI=1S/C17H34N2/c1-14(2)10-11-18-13-15(3)19-12-6-8-16-7-4-5-9-17(16)19/h14-18H,4-13H2,1-3H3. The summed E-state index contributed by atoms with van der Waals surface area (Å²) in [6, 6.07) is 1.63. The monoisotopic (exact) mass is 266 g/mol. The molecule has 0 bridgehead atoms. The molecular formula is C17H34N2. The van der Waals surface area contributed by atoms with Crippen molar-refractivity contribution < 1.29 is 0 Å². The van der Waals surface area contributed by atoms with E-state index in [1.165, 1.54) is 64.6 Å². The number of rotatable bonds is 6. The summed E-state index contributed by atoms with van der Waals surface area (Å²) >= 11 is 0. The van der Waals surface area contributed by atoms with Gasteiger partial charge in [-0.05, 0) is 64.0 Å². The number of hydrogen-bond acceptors (Lipinski definition) is 2. The Labute approximate surface area is 120 Å². The fourth-order valence-corrected chi connectivity index (χ4v) is 4.03. The van der Waals surface area contributed by atoms with E-state index in [-0.39, 0.29) is 0 Å². The average Bonchev–Trinajstić information content (AvgIpc) is 2.42. The van der Waals surface area contributed by atoms with Crippen LogP contribution in [0.15, 0.2) is 0 Å². The van der Waals surface area contributed by atoms with Crippen molar-refractivity contribution in [1.29, 1.82) is 0 Å². The molecule has 0 aromatic heterocycles. The van der Waals surface area contributed by atoms with Crippen LogP contribution in [0.1, 0.15) is 65.7 Å². The van der Waals surface area contributed by atoms with Gasteiger partial charge in [-0.25, -0.2) is 0 Å². The maximum absolute atomic E-state index is 3.67. The fourth-order valence-electron chi connectivity index (χ4n) is 4.03. The quantitative estimate of drug-likeness (QED) is 0.738. The van der Waals surface area contributed by atoms with Crippen molar-refractivity contribution in [3.8, 4) is 0 Å². The number of piperidine rings is 1. The van der Waals surface area contributed by atoms with Gasteiger partial charge in [0.2, 0.25) is 0 Å². The molecule has 1 heterocycles. The molecule has 1 saturated carbocycles. The molecule has 19 heavy (non-hydrogen) atoms. The topological polar surface area (TPSA) is 15.3 Å². The molecule has 3 unspecified atom stereocenters. The van der Waals surface area contributed by atoms with Crippen LogP contribution in [0.5, 0.6) is 0 Å². The number of fused-ring (bicyclic) bond motifs is 1. The van der Waals surface area contributed by atoms with Crippen LogP contribution >= 0.6 is 0 Å². The van der Waals surface area contributed by atoms with E-state index in [9.17, 15) is 0 Å². The first-order valence-electron chi connectivity index (χ1n) is 8.65. The van der Waals surface area contributed by atoms with Crippen LogP contribution in [-0.2, 0) is 0 Å². The summed E-state index contributed by atoms with van der Waals surface area (Å²) in [7, 11) is 0. The second-order valence-corrected chi connectivity index (χ2v) is 7.23. The van der Waals surface area contributed by atoms with Gasteiger partial charge in [-0.3, -0.25) is 4.90 Å². The highest BCUT2D eigenvalue weighted by Crippen LogP contribution is 2.36. The van der Waals surface area contributed by atoms with E-state index in [4.69, 9.17) is 0 Å². The summed E-state index contributed by atoms with van der Waals surface area (Å²) in [5, 5.41) is 3.67. The van der Waals surface area contributed by atoms with Crippen LogP contribution in [0.4, 0.5) is 0 Å². The Hall–Kier alpha value is -0.0800. The van der Waals surface area contributed by atoms with Crippen LogP contribution in [0.2, 0.25) is 0 Å². The zero-order chi connectivity index (χ0) is 13.7. The number of nitrogens with zero attached hydrogens (tertiary/aromatic N) is 1. The molecule has 2 nitrogen and oxygen atoms in total. The van der Waals surface area contributed by atoms with Crippen molar-refractivity contribution in [3.05, 3.63) is 0 Å².